The quantitative estimate of drug-likeness (QED) is 0.615. The molecule has 1 aliphatic heterocycles. The van der Waals surface area contributed by atoms with Gasteiger partial charge in [0, 0.05) is 19.0 Å². The number of benzene rings is 1. The molecule has 0 spiro atoms. The van der Waals surface area contributed by atoms with Crippen LogP contribution < -0.4 is 14.8 Å². The summed E-state index contributed by atoms with van der Waals surface area (Å²) in [6.45, 7) is 12.0. The third kappa shape index (κ3) is 5.21. The standard InChI is InChI=1S/C26H40N2O4/c1-6-31-22-12-11-20(17-23(22)32-7-2)14-16-28-24(29)13-15-26(28,5)25(30)27-21-10-8-9-18(3)19(21)4/h11-12,17-19,21H,6-10,13-16H2,1-5H3,(H,27,30). The van der Waals surface area contributed by atoms with Crippen molar-refractivity contribution in [2.45, 2.75) is 84.7 Å². The lowest BCUT2D eigenvalue weighted by molar-refractivity contribution is -0.141. The van der Waals surface area contributed by atoms with Gasteiger partial charge in [-0.05, 0) is 69.6 Å². The van der Waals surface area contributed by atoms with Crippen molar-refractivity contribution < 1.29 is 19.1 Å². The van der Waals surface area contributed by atoms with Crippen LogP contribution in [0.25, 0.3) is 0 Å². The van der Waals surface area contributed by atoms with Crippen LogP contribution in [0.4, 0.5) is 0 Å². The minimum absolute atomic E-state index is 0.00370. The Balaban J connectivity index is 1.69. The fraction of sp³-hybridized carbons (Fsp3) is 0.692. The van der Waals surface area contributed by atoms with Crippen LogP contribution in [-0.4, -0.2) is 48.1 Å². The molecule has 2 fully saturated rings. The molecule has 0 bridgehead atoms. The fourth-order valence-corrected chi connectivity index (χ4v) is 5.10. The first-order valence-electron chi connectivity index (χ1n) is 12.3. The number of rotatable bonds is 9. The van der Waals surface area contributed by atoms with Crippen molar-refractivity contribution in [2.75, 3.05) is 19.8 Å². The lowest BCUT2D eigenvalue weighted by Crippen LogP contribution is -2.58. The number of hydrogen-bond donors (Lipinski definition) is 1. The van der Waals surface area contributed by atoms with Crippen LogP contribution >= 0.6 is 0 Å². The van der Waals surface area contributed by atoms with E-state index in [4.69, 9.17) is 9.47 Å². The summed E-state index contributed by atoms with van der Waals surface area (Å²) in [6, 6.07) is 6.11. The Kier molecular flexibility index (Phi) is 8.07. The van der Waals surface area contributed by atoms with E-state index >= 15 is 0 Å². The van der Waals surface area contributed by atoms with Crippen molar-refractivity contribution in [3.8, 4) is 11.5 Å². The van der Waals surface area contributed by atoms with E-state index in [9.17, 15) is 9.59 Å². The van der Waals surface area contributed by atoms with Gasteiger partial charge in [0.15, 0.2) is 11.5 Å². The summed E-state index contributed by atoms with van der Waals surface area (Å²) in [5, 5.41) is 3.31. The van der Waals surface area contributed by atoms with Gasteiger partial charge in [0.05, 0.1) is 13.2 Å². The molecule has 4 unspecified atom stereocenters. The third-order valence-corrected chi connectivity index (χ3v) is 7.47. The Morgan fingerprint density at radius 2 is 1.88 bits per heavy atom. The van der Waals surface area contributed by atoms with E-state index in [2.05, 4.69) is 19.2 Å². The van der Waals surface area contributed by atoms with Crippen molar-refractivity contribution in [1.82, 2.24) is 10.2 Å². The zero-order valence-electron chi connectivity index (χ0n) is 20.4. The molecule has 1 aromatic carbocycles. The van der Waals surface area contributed by atoms with Crippen LogP contribution in [0, 0.1) is 11.8 Å². The van der Waals surface area contributed by atoms with Gasteiger partial charge in [-0.3, -0.25) is 9.59 Å². The third-order valence-electron chi connectivity index (χ3n) is 7.47. The minimum Gasteiger partial charge on any atom is -0.490 e. The first-order chi connectivity index (χ1) is 15.3. The van der Waals surface area contributed by atoms with Crippen molar-refractivity contribution >= 4 is 11.8 Å². The highest BCUT2D eigenvalue weighted by Gasteiger charge is 2.47. The van der Waals surface area contributed by atoms with Crippen molar-refractivity contribution in [3.05, 3.63) is 23.8 Å². The zero-order chi connectivity index (χ0) is 23.3. The fourth-order valence-electron chi connectivity index (χ4n) is 5.10. The smallest absolute Gasteiger partial charge is 0.245 e. The predicted octanol–water partition coefficient (Wildman–Crippen LogP) is 4.35. The Labute approximate surface area is 193 Å². The summed E-state index contributed by atoms with van der Waals surface area (Å²) in [5.41, 5.74) is 0.278. The Hall–Kier alpha value is -2.24. The molecule has 1 aliphatic carbocycles. The Morgan fingerprint density at radius 1 is 1.16 bits per heavy atom. The van der Waals surface area contributed by atoms with E-state index in [1.807, 2.05) is 39.0 Å². The first kappa shape index (κ1) is 24.4. The molecule has 1 aromatic rings. The van der Waals surface area contributed by atoms with Gasteiger partial charge in [-0.1, -0.05) is 32.8 Å². The van der Waals surface area contributed by atoms with Crippen molar-refractivity contribution in [3.63, 3.8) is 0 Å². The van der Waals surface area contributed by atoms with Gasteiger partial charge < -0.3 is 19.7 Å². The van der Waals surface area contributed by atoms with Crippen molar-refractivity contribution in [1.29, 1.82) is 0 Å². The highest BCUT2D eigenvalue weighted by Crippen LogP contribution is 2.34. The first-order valence-corrected chi connectivity index (χ1v) is 12.3. The van der Waals surface area contributed by atoms with Gasteiger partial charge in [0.1, 0.15) is 5.54 Å². The number of carbonyl (C=O) groups is 2. The monoisotopic (exact) mass is 444 g/mol. The molecule has 1 saturated carbocycles. The number of ether oxygens (including phenoxy) is 2. The molecular weight excluding hydrogens is 404 g/mol. The van der Waals surface area contributed by atoms with Gasteiger partial charge in [-0.2, -0.15) is 0 Å². The lowest BCUT2D eigenvalue weighted by Gasteiger charge is -2.39. The van der Waals surface area contributed by atoms with Crippen LogP contribution in [0.2, 0.25) is 0 Å². The van der Waals surface area contributed by atoms with E-state index < -0.39 is 5.54 Å². The van der Waals surface area contributed by atoms with Crippen LogP contribution in [0.1, 0.15) is 72.3 Å². The molecule has 0 radical (unpaired) electrons. The second-order valence-electron chi connectivity index (χ2n) is 9.56. The van der Waals surface area contributed by atoms with E-state index in [0.29, 0.717) is 50.9 Å². The Bertz CT molecular complexity index is 811. The minimum atomic E-state index is -0.786. The number of likely N-dealkylation sites (tertiary alicyclic amines) is 1. The summed E-state index contributed by atoms with van der Waals surface area (Å²) in [6.07, 6.45) is 5.05. The maximum absolute atomic E-state index is 13.4. The largest absolute Gasteiger partial charge is 0.490 e. The summed E-state index contributed by atoms with van der Waals surface area (Å²) in [4.78, 5) is 27.9. The Morgan fingerprint density at radius 3 is 2.59 bits per heavy atom. The highest BCUT2D eigenvalue weighted by molar-refractivity contribution is 5.94. The molecule has 1 heterocycles. The SMILES string of the molecule is CCOc1ccc(CCN2C(=O)CCC2(C)C(=O)NC2CCCC(C)C2C)cc1OCC. The van der Waals surface area contributed by atoms with Gasteiger partial charge >= 0.3 is 0 Å². The van der Waals surface area contributed by atoms with Gasteiger partial charge in [-0.25, -0.2) is 0 Å². The second-order valence-corrected chi connectivity index (χ2v) is 9.56. The van der Waals surface area contributed by atoms with Gasteiger partial charge in [-0.15, -0.1) is 0 Å². The molecule has 4 atom stereocenters. The molecule has 6 nitrogen and oxygen atoms in total. The van der Waals surface area contributed by atoms with E-state index in [1.54, 1.807) is 4.90 Å². The van der Waals surface area contributed by atoms with Crippen LogP contribution in [0.3, 0.4) is 0 Å². The molecule has 2 aliphatic rings. The van der Waals surface area contributed by atoms with Crippen molar-refractivity contribution in [2.24, 2.45) is 11.8 Å². The molecular formula is C26H40N2O4. The molecule has 6 heteroatoms. The molecule has 1 N–H and O–H groups in total. The zero-order valence-corrected chi connectivity index (χ0v) is 20.4. The molecule has 2 amide bonds. The molecule has 3 rings (SSSR count). The molecule has 0 aromatic heterocycles. The average molecular weight is 445 g/mol. The predicted molar refractivity (Wildman–Crippen MR) is 126 cm³/mol. The van der Waals surface area contributed by atoms with Crippen LogP contribution in [0.15, 0.2) is 18.2 Å². The lowest BCUT2D eigenvalue weighted by atomic mass is 9.77. The number of hydrogen-bond acceptors (Lipinski definition) is 4. The second kappa shape index (κ2) is 10.6. The summed E-state index contributed by atoms with van der Waals surface area (Å²) < 4.78 is 11.4. The summed E-state index contributed by atoms with van der Waals surface area (Å²) in [5.74, 6) is 2.58. The number of nitrogens with one attached hydrogen (secondary N) is 1. The molecule has 32 heavy (non-hydrogen) atoms. The van der Waals surface area contributed by atoms with Gasteiger partial charge in [0.2, 0.25) is 11.8 Å². The molecule has 178 valence electrons. The van der Waals surface area contributed by atoms with Crippen LogP contribution in [-0.2, 0) is 16.0 Å². The number of amides is 2. The maximum atomic E-state index is 13.4. The van der Waals surface area contributed by atoms with Crippen LogP contribution in [0.5, 0.6) is 11.5 Å². The number of carbonyl (C=O) groups excluding carboxylic acids is 2. The average Bonchev–Trinajstić information content (AvgIpc) is 3.06. The normalized spacial score (nSPS) is 28.0. The number of nitrogens with zero attached hydrogens (tertiary/aromatic N) is 1. The van der Waals surface area contributed by atoms with E-state index in [0.717, 1.165) is 29.9 Å². The van der Waals surface area contributed by atoms with Gasteiger partial charge in [0.25, 0.3) is 0 Å². The highest BCUT2D eigenvalue weighted by atomic mass is 16.5. The maximum Gasteiger partial charge on any atom is 0.245 e. The summed E-state index contributed by atoms with van der Waals surface area (Å²) >= 11 is 0. The van der Waals surface area contributed by atoms with E-state index in [-0.39, 0.29) is 17.9 Å². The molecule has 1 saturated heterocycles. The topological polar surface area (TPSA) is 67.9 Å². The van der Waals surface area contributed by atoms with E-state index in [1.165, 1.54) is 6.42 Å². The summed E-state index contributed by atoms with van der Waals surface area (Å²) in [7, 11) is 0.